The van der Waals surface area contributed by atoms with Crippen molar-refractivity contribution in [2.45, 2.75) is 45.6 Å². The second-order valence-electron chi connectivity index (χ2n) is 3.13. The second kappa shape index (κ2) is 3.97. The van der Waals surface area contributed by atoms with Gasteiger partial charge in [-0.15, -0.1) is 0 Å². The van der Waals surface area contributed by atoms with E-state index >= 15 is 0 Å². The molecule has 1 heteroatoms. The molecule has 3 rings (SSSR count). The molecule has 1 saturated carbocycles. The molecule has 0 radical (unpaired) electrons. The van der Waals surface area contributed by atoms with E-state index in [1.807, 2.05) is 13.8 Å². The molecule has 0 aromatic heterocycles. The van der Waals surface area contributed by atoms with Gasteiger partial charge >= 0.3 is 0 Å². The van der Waals surface area contributed by atoms with Gasteiger partial charge in [-0.3, -0.25) is 0 Å². The Hall–Kier alpha value is -0.0400. The maximum absolute atomic E-state index is 3.52. The number of hydrogen-bond acceptors (Lipinski definition) is 1. The van der Waals surface area contributed by atoms with Crippen LogP contribution in [0.4, 0.5) is 0 Å². The summed E-state index contributed by atoms with van der Waals surface area (Å²) < 4.78 is 0. The third kappa shape index (κ3) is 1.72. The Morgan fingerprint density at radius 3 is 1.70 bits per heavy atom. The molecule has 2 heterocycles. The standard InChI is InChI=1S/C7H13N.C2H6/c1-3-7-4-2-6(1)5-8-7;1-2/h6-8H,1-5H2;1-2H3. The van der Waals surface area contributed by atoms with Crippen molar-refractivity contribution in [3.63, 3.8) is 0 Å². The molecule has 1 nitrogen and oxygen atoms in total. The highest BCUT2D eigenvalue weighted by molar-refractivity contribution is 4.84. The van der Waals surface area contributed by atoms with Crippen molar-refractivity contribution < 1.29 is 0 Å². The first kappa shape index (κ1) is 8.06. The number of piperidine rings is 2. The van der Waals surface area contributed by atoms with Gasteiger partial charge in [0.25, 0.3) is 0 Å². The van der Waals surface area contributed by atoms with E-state index in [0.29, 0.717) is 0 Å². The van der Waals surface area contributed by atoms with E-state index in [4.69, 9.17) is 0 Å². The van der Waals surface area contributed by atoms with Crippen LogP contribution in [-0.4, -0.2) is 12.6 Å². The molecule has 0 unspecified atom stereocenters. The summed E-state index contributed by atoms with van der Waals surface area (Å²) in [5.74, 6) is 1.04. The number of nitrogens with one attached hydrogen (secondary N) is 1. The van der Waals surface area contributed by atoms with Crippen molar-refractivity contribution in [3.05, 3.63) is 0 Å². The lowest BCUT2D eigenvalue weighted by molar-refractivity contribution is 0.213. The molecule has 3 aliphatic rings. The first-order valence-corrected chi connectivity index (χ1v) is 4.68. The molecule has 0 atom stereocenters. The Balaban J connectivity index is 0.000000231. The molecule has 0 aromatic rings. The van der Waals surface area contributed by atoms with Crippen LogP contribution in [0.3, 0.4) is 0 Å². The van der Waals surface area contributed by atoms with E-state index in [-0.39, 0.29) is 0 Å². The van der Waals surface area contributed by atoms with E-state index in [0.717, 1.165) is 12.0 Å². The van der Waals surface area contributed by atoms with Gasteiger partial charge in [-0.25, -0.2) is 0 Å². The molecule has 3 fully saturated rings. The minimum absolute atomic E-state index is 0.903. The summed E-state index contributed by atoms with van der Waals surface area (Å²) in [7, 11) is 0. The number of hydrogen-bond donors (Lipinski definition) is 1. The van der Waals surface area contributed by atoms with Gasteiger partial charge in [0.2, 0.25) is 0 Å². The number of fused-ring (bicyclic) bond motifs is 3. The van der Waals surface area contributed by atoms with Crippen LogP contribution < -0.4 is 5.32 Å². The Kier molecular flexibility index (Phi) is 3.20. The van der Waals surface area contributed by atoms with Crippen LogP contribution in [-0.2, 0) is 0 Å². The Morgan fingerprint density at radius 1 is 1.00 bits per heavy atom. The van der Waals surface area contributed by atoms with E-state index < -0.39 is 0 Å². The van der Waals surface area contributed by atoms with Crippen LogP contribution in [0.1, 0.15) is 39.5 Å². The van der Waals surface area contributed by atoms with Crippen molar-refractivity contribution >= 4 is 0 Å². The van der Waals surface area contributed by atoms with Crippen LogP contribution in [0.15, 0.2) is 0 Å². The summed E-state index contributed by atoms with van der Waals surface area (Å²) in [6.07, 6.45) is 5.89. The average Bonchev–Trinajstić information content (AvgIpc) is 2.11. The van der Waals surface area contributed by atoms with E-state index in [2.05, 4.69) is 5.32 Å². The average molecular weight is 141 g/mol. The van der Waals surface area contributed by atoms with Gasteiger partial charge in [0.15, 0.2) is 0 Å². The summed E-state index contributed by atoms with van der Waals surface area (Å²) in [6, 6.07) is 0.903. The van der Waals surface area contributed by atoms with E-state index in [1.165, 1.54) is 32.2 Å². The van der Waals surface area contributed by atoms with Gasteiger partial charge in [-0.1, -0.05) is 13.8 Å². The van der Waals surface area contributed by atoms with Gasteiger partial charge in [-0.05, 0) is 38.1 Å². The molecule has 60 valence electrons. The first-order chi connectivity index (χ1) is 4.95. The third-order valence-corrected chi connectivity index (χ3v) is 2.54. The fourth-order valence-corrected chi connectivity index (χ4v) is 1.90. The lowest BCUT2D eigenvalue weighted by Crippen LogP contribution is -2.44. The summed E-state index contributed by atoms with van der Waals surface area (Å²) in [5.41, 5.74) is 0. The molecule has 0 spiro atoms. The Bertz CT molecular complexity index is 59.7. The van der Waals surface area contributed by atoms with Crippen LogP contribution in [0.25, 0.3) is 0 Å². The molecule has 0 aromatic carbocycles. The molecule has 0 amide bonds. The van der Waals surface area contributed by atoms with Gasteiger partial charge in [0, 0.05) is 6.04 Å². The second-order valence-corrected chi connectivity index (χ2v) is 3.13. The summed E-state index contributed by atoms with van der Waals surface area (Å²) in [4.78, 5) is 0. The number of rotatable bonds is 0. The molecule has 1 aliphatic carbocycles. The fourth-order valence-electron chi connectivity index (χ4n) is 1.90. The SMILES string of the molecule is C1CC2CCC1CN2.CC. The van der Waals surface area contributed by atoms with Gasteiger partial charge in [0.05, 0.1) is 0 Å². The lowest BCUT2D eigenvalue weighted by Gasteiger charge is -2.36. The molecular weight excluding hydrogens is 122 g/mol. The largest absolute Gasteiger partial charge is 0.314 e. The monoisotopic (exact) mass is 141 g/mol. The highest BCUT2D eigenvalue weighted by atomic mass is 14.9. The van der Waals surface area contributed by atoms with Crippen LogP contribution in [0.2, 0.25) is 0 Å². The first-order valence-electron chi connectivity index (χ1n) is 4.68. The van der Waals surface area contributed by atoms with Gasteiger partial charge in [-0.2, -0.15) is 0 Å². The highest BCUT2D eigenvalue weighted by Crippen LogP contribution is 2.28. The van der Waals surface area contributed by atoms with Crippen molar-refractivity contribution in [3.8, 4) is 0 Å². The maximum atomic E-state index is 3.52. The summed E-state index contributed by atoms with van der Waals surface area (Å²) in [5, 5.41) is 3.52. The van der Waals surface area contributed by atoms with Gasteiger partial charge < -0.3 is 5.32 Å². The predicted molar refractivity (Wildman–Crippen MR) is 45.1 cm³/mol. The predicted octanol–water partition coefficient (Wildman–Crippen LogP) is 2.17. The van der Waals surface area contributed by atoms with Crippen LogP contribution in [0.5, 0.6) is 0 Å². The van der Waals surface area contributed by atoms with Crippen molar-refractivity contribution in [2.75, 3.05) is 6.54 Å². The minimum Gasteiger partial charge on any atom is -0.314 e. The molecular formula is C9H19N. The Morgan fingerprint density at radius 2 is 1.60 bits per heavy atom. The van der Waals surface area contributed by atoms with Crippen LogP contribution in [0, 0.1) is 5.92 Å². The normalized spacial score (nSPS) is 36.6. The van der Waals surface area contributed by atoms with Crippen molar-refractivity contribution in [1.29, 1.82) is 0 Å². The fraction of sp³-hybridized carbons (Fsp3) is 1.00. The third-order valence-electron chi connectivity index (χ3n) is 2.54. The zero-order valence-electron chi connectivity index (χ0n) is 7.19. The zero-order chi connectivity index (χ0) is 7.40. The maximum Gasteiger partial charge on any atom is 0.00673 e. The topological polar surface area (TPSA) is 12.0 Å². The van der Waals surface area contributed by atoms with Crippen molar-refractivity contribution in [1.82, 2.24) is 5.32 Å². The summed E-state index contributed by atoms with van der Waals surface area (Å²) >= 11 is 0. The zero-order valence-corrected chi connectivity index (χ0v) is 7.19. The highest BCUT2D eigenvalue weighted by Gasteiger charge is 2.25. The van der Waals surface area contributed by atoms with E-state index in [9.17, 15) is 0 Å². The summed E-state index contributed by atoms with van der Waals surface area (Å²) in [6.45, 7) is 5.31. The quantitative estimate of drug-likeness (QED) is 0.545. The Labute approximate surface area is 64.2 Å². The molecule has 10 heavy (non-hydrogen) atoms. The van der Waals surface area contributed by atoms with E-state index in [1.54, 1.807) is 0 Å². The lowest BCUT2D eigenvalue weighted by atomic mass is 9.82. The van der Waals surface area contributed by atoms with Gasteiger partial charge in [0.1, 0.15) is 0 Å². The minimum atomic E-state index is 0.903. The molecule has 2 bridgehead atoms. The smallest absolute Gasteiger partial charge is 0.00673 e. The molecule has 1 N–H and O–H groups in total. The molecule has 2 aliphatic heterocycles. The molecule has 2 saturated heterocycles. The van der Waals surface area contributed by atoms with Crippen LogP contribution >= 0.6 is 0 Å². The van der Waals surface area contributed by atoms with Crippen molar-refractivity contribution in [2.24, 2.45) is 5.92 Å².